The van der Waals surface area contributed by atoms with Gasteiger partial charge in [-0.05, 0) is 38.8 Å². The molecule has 2 aromatic rings. The van der Waals surface area contributed by atoms with Crippen molar-refractivity contribution in [3.8, 4) is 0 Å². The highest BCUT2D eigenvalue weighted by Crippen LogP contribution is 2.23. The summed E-state index contributed by atoms with van der Waals surface area (Å²) in [5, 5.41) is 9.54. The van der Waals surface area contributed by atoms with Crippen molar-refractivity contribution in [3.05, 3.63) is 71.8 Å². The van der Waals surface area contributed by atoms with Crippen LogP contribution in [-0.2, 0) is 4.79 Å². The smallest absolute Gasteiger partial charge is 0.242 e. The molecule has 0 fully saturated rings. The molecule has 2 rings (SSSR count). The van der Waals surface area contributed by atoms with Gasteiger partial charge in [0.2, 0.25) is 5.91 Å². The van der Waals surface area contributed by atoms with Crippen molar-refractivity contribution >= 4 is 35.8 Å². The predicted octanol–water partition coefficient (Wildman–Crippen LogP) is 3.91. The van der Waals surface area contributed by atoms with E-state index in [1.54, 1.807) is 0 Å². The Morgan fingerprint density at radius 3 is 1.90 bits per heavy atom. The number of amides is 1. The van der Waals surface area contributed by atoms with Crippen molar-refractivity contribution in [2.75, 3.05) is 19.6 Å². The van der Waals surface area contributed by atoms with Crippen LogP contribution in [0, 0.1) is 0 Å². The first-order chi connectivity index (χ1) is 13.4. The molecule has 158 valence electrons. The van der Waals surface area contributed by atoms with Crippen LogP contribution in [0.2, 0.25) is 0 Å². The lowest BCUT2D eigenvalue weighted by Gasteiger charge is -2.21. The number of nitrogens with one attached hydrogen (secondary N) is 3. The van der Waals surface area contributed by atoms with E-state index >= 15 is 0 Å². The van der Waals surface area contributed by atoms with E-state index in [-0.39, 0.29) is 47.9 Å². The third kappa shape index (κ3) is 9.30. The van der Waals surface area contributed by atoms with Gasteiger partial charge < -0.3 is 16.0 Å². The second kappa shape index (κ2) is 12.5. The van der Waals surface area contributed by atoms with E-state index in [0.29, 0.717) is 12.5 Å². The Kier molecular flexibility index (Phi) is 10.7. The van der Waals surface area contributed by atoms with Gasteiger partial charge in [0.25, 0.3) is 0 Å². The first-order valence-corrected chi connectivity index (χ1v) is 9.82. The molecule has 29 heavy (non-hydrogen) atoms. The quantitative estimate of drug-likeness (QED) is 0.302. The van der Waals surface area contributed by atoms with Crippen LogP contribution in [0.4, 0.5) is 0 Å². The Morgan fingerprint density at radius 1 is 0.931 bits per heavy atom. The lowest BCUT2D eigenvalue weighted by atomic mass is 9.91. The summed E-state index contributed by atoms with van der Waals surface area (Å²) in [5.41, 5.74) is 2.22. The van der Waals surface area contributed by atoms with Crippen molar-refractivity contribution in [1.82, 2.24) is 16.0 Å². The number of hydrogen-bond donors (Lipinski definition) is 3. The van der Waals surface area contributed by atoms with Crippen LogP contribution in [0.25, 0.3) is 0 Å². The standard InChI is InChI=1S/C23H32N4O.HI/c1-5-24-22(26-17-21(28)27-23(2,3)4)25-16-20(18-12-8-6-9-13-18)19-14-10-7-11-15-19;/h6-15,20H,5,16-17H2,1-4H3,(H,27,28)(H2,24,25,26);1H. The zero-order valence-corrected chi connectivity index (χ0v) is 20.1. The Morgan fingerprint density at radius 2 is 1.45 bits per heavy atom. The van der Waals surface area contributed by atoms with Gasteiger partial charge >= 0.3 is 0 Å². The van der Waals surface area contributed by atoms with Gasteiger partial charge in [0.15, 0.2) is 5.96 Å². The molecule has 0 radical (unpaired) electrons. The van der Waals surface area contributed by atoms with Crippen molar-refractivity contribution in [3.63, 3.8) is 0 Å². The van der Waals surface area contributed by atoms with Gasteiger partial charge in [0, 0.05) is 24.5 Å². The summed E-state index contributed by atoms with van der Waals surface area (Å²) in [6.07, 6.45) is 0. The Bertz CT molecular complexity index is 718. The largest absolute Gasteiger partial charge is 0.357 e. The number of carbonyl (C=O) groups excluding carboxylic acids is 1. The highest BCUT2D eigenvalue weighted by Gasteiger charge is 2.15. The molecular formula is C23H33IN4O. The molecule has 0 aliphatic rings. The molecule has 0 bridgehead atoms. The van der Waals surface area contributed by atoms with Crippen molar-refractivity contribution in [2.24, 2.45) is 4.99 Å². The number of halogens is 1. The fourth-order valence-electron chi connectivity index (χ4n) is 2.95. The summed E-state index contributed by atoms with van der Waals surface area (Å²) >= 11 is 0. The summed E-state index contributed by atoms with van der Waals surface area (Å²) in [5.74, 6) is 0.741. The number of benzene rings is 2. The highest BCUT2D eigenvalue weighted by atomic mass is 127. The topological polar surface area (TPSA) is 65.5 Å². The molecule has 0 saturated carbocycles. The van der Waals surface area contributed by atoms with Crippen molar-refractivity contribution < 1.29 is 4.79 Å². The van der Waals surface area contributed by atoms with Gasteiger partial charge in [-0.1, -0.05) is 60.7 Å². The van der Waals surface area contributed by atoms with Crippen LogP contribution in [0.5, 0.6) is 0 Å². The fraction of sp³-hybridized carbons (Fsp3) is 0.391. The van der Waals surface area contributed by atoms with Crippen LogP contribution >= 0.6 is 24.0 Å². The molecule has 0 aliphatic heterocycles. The van der Waals surface area contributed by atoms with E-state index in [1.807, 2.05) is 39.8 Å². The molecule has 0 heterocycles. The Balaban J connectivity index is 0.00000420. The molecule has 0 saturated heterocycles. The van der Waals surface area contributed by atoms with Crippen LogP contribution in [0.15, 0.2) is 65.7 Å². The van der Waals surface area contributed by atoms with Crippen LogP contribution < -0.4 is 16.0 Å². The maximum Gasteiger partial charge on any atom is 0.242 e. The van der Waals surface area contributed by atoms with E-state index in [2.05, 4.69) is 69.5 Å². The number of hydrogen-bond acceptors (Lipinski definition) is 2. The monoisotopic (exact) mass is 508 g/mol. The van der Waals surface area contributed by atoms with Gasteiger partial charge in [-0.15, -0.1) is 24.0 Å². The lowest BCUT2D eigenvalue weighted by molar-refractivity contribution is -0.121. The number of rotatable bonds is 7. The lowest BCUT2D eigenvalue weighted by Crippen LogP contribution is -2.43. The highest BCUT2D eigenvalue weighted by molar-refractivity contribution is 14.0. The van der Waals surface area contributed by atoms with Gasteiger partial charge in [-0.3, -0.25) is 4.79 Å². The minimum atomic E-state index is -0.260. The average molecular weight is 508 g/mol. The van der Waals surface area contributed by atoms with Crippen molar-refractivity contribution in [1.29, 1.82) is 0 Å². The van der Waals surface area contributed by atoms with Crippen LogP contribution in [0.3, 0.4) is 0 Å². The number of guanidine groups is 1. The molecule has 0 unspecified atom stereocenters. The van der Waals surface area contributed by atoms with E-state index in [0.717, 1.165) is 6.54 Å². The third-order valence-electron chi connectivity index (χ3n) is 4.12. The fourth-order valence-corrected chi connectivity index (χ4v) is 2.95. The van der Waals surface area contributed by atoms with Gasteiger partial charge in [0.05, 0.1) is 0 Å². The molecule has 0 aromatic heterocycles. The molecule has 0 aliphatic carbocycles. The third-order valence-corrected chi connectivity index (χ3v) is 4.12. The minimum Gasteiger partial charge on any atom is -0.357 e. The zero-order valence-electron chi connectivity index (χ0n) is 17.7. The zero-order chi connectivity index (χ0) is 20.4. The molecule has 1 amide bonds. The Hall–Kier alpha value is -2.09. The maximum absolute atomic E-state index is 12.1. The molecular weight excluding hydrogens is 475 g/mol. The first-order valence-electron chi connectivity index (χ1n) is 9.82. The number of carbonyl (C=O) groups is 1. The predicted molar refractivity (Wildman–Crippen MR) is 132 cm³/mol. The van der Waals surface area contributed by atoms with Crippen molar-refractivity contribution in [2.45, 2.75) is 39.2 Å². The average Bonchev–Trinajstić information content (AvgIpc) is 2.66. The van der Waals surface area contributed by atoms with E-state index in [4.69, 9.17) is 0 Å². The molecule has 0 atom stereocenters. The molecule has 0 spiro atoms. The summed E-state index contributed by atoms with van der Waals surface area (Å²) in [4.78, 5) is 16.5. The van der Waals surface area contributed by atoms with E-state index in [1.165, 1.54) is 11.1 Å². The first kappa shape index (κ1) is 24.9. The molecule has 3 N–H and O–H groups in total. The molecule has 2 aromatic carbocycles. The molecule has 6 heteroatoms. The van der Waals surface area contributed by atoms with E-state index < -0.39 is 0 Å². The van der Waals surface area contributed by atoms with E-state index in [9.17, 15) is 4.79 Å². The summed E-state index contributed by atoms with van der Waals surface area (Å²) in [6.45, 7) is 9.40. The second-order valence-corrected chi connectivity index (χ2v) is 7.75. The summed E-state index contributed by atoms with van der Waals surface area (Å²) in [6, 6.07) is 20.8. The van der Waals surface area contributed by atoms with Crippen LogP contribution in [0.1, 0.15) is 44.7 Å². The number of nitrogens with zero attached hydrogens (tertiary/aromatic N) is 1. The SMILES string of the molecule is CCNC(=NCC(=O)NC(C)(C)C)NCC(c1ccccc1)c1ccccc1.I. The molecule has 5 nitrogen and oxygen atoms in total. The summed E-state index contributed by atoms with van der Waals surface area (Å²) in [7, 11) is 0. The maximum atomic E-state index is 12.1. The minimum absolute atomic E-state index is 0. The van der Waals surface area contributed by atoms with Crippen LogP contribution in [-0.4, -0.2) is 37.0 Å². The van der Waals surface area contributed by atoms with Gasteiger partial charge in [0.1, 0.15) is 6.54 Å². The Labute approximate surface area is 191 Å². The summed E-state index contributed by atoms with van der Waals surface area (Å²) < 4.78 is 0. The normalized spacial score (nSPS) is 11.6. The number of aliphatic imine (C=N–C) groups is 1. The van der Waals surface area contributed by atoms with Gasteiger partial charge in [-0.2, -0.15) is 0 Å². The second-order valence-electron chi connectivity index (χ2n) is 7.75. The van der Waals surface area contributed by atoms with Gasteiger partial charge in [-0.25, -0.2) is 4.99 Å².